The first-order chi connectivity index (χ1) is 15.8. The van der Waals surface area contributed by atoms with Crippen molar-refractivity contribution in [3.63, 3.8) is 0 Å². The van der Waals surface area contributed by atoms with Crippen LogP contribution in [0.5, 0.6) is 0 Å². The number of nitrogens with one attached hydrogen (secondary N) is 1. The number of rotatable bonds is 5. The molecule has 0 saturated carbocycles. The highest BCUT2D eigenvalue weighted by atomic mass is 19.4. The van der Waals surface area contributed by atoms with Crippen LogP contribution < -0.4 is 15.1 Å². The predicted octanol–water partition coefficient (Wildman–Crippen LogP) is 3.69. The SMILES string of the molecule is C[C@H](C(=O)Nc1ccc(N2CCOCC2)cc1)N1CCN(c2cccc(C(F)(F)F)c2)CC1. The Bertz CT molecular complexity index is 937. The van der Waals surface area contributed by atoms with Gasteiger partial charge in [0.2, 0.25) is 5.91 Å². The van der Waals surface area contributed by atoms with Gasteiger partial charge in [-0.25, -0.2) is 0 Å². The molecule has 1 amide bonds. The van der Waals surface area contributed by atoms with Crippen molar-refractivity contribution in [2.75, 3.05) is 67.6 Å². The van der Waals surface area contributed by atoms with Gasteiger partial charge in [0.25, 0.3) is 0 Å². The first-order valence-corrected chi connectivity index (χ1v) is 11.2. The molecule has 1 N–H and O–H groups in total. The molecular formula is C24H29F3N4O2. The average molecular weight is 463 g/mol. The van der Waals surface area contributed by atoms with Crippen LogP contribution in [-0.2, 0) is 15.7 Å². The van der Waals surface area contributed by atoms with Crippen molar-refractivity contribution in [2.24, 2.45) is 0 Å². The lowest BCUT2D eigenvalue weighted by molar-refractivity contribution is -0.137. The predicted molar refractivity (Wildman–Crippen MR) is 123 cm³/mol. The Morgan fingerprint density at radius 2 is 1.55 bits per heavy atom. The molecule has 2 aromatic carbocycles. The van der Waals surface area contributed by atoms with Crippen molar-refractivity contribution in [1.82, 2.24) is 4.90 Å². The number of carbonyl (C=O) groups excluding carboxylic acids is 1. The number of anilines is 3. The van der Waals surface area contributed by atoms with Gasteiger partial charge in [0.15, 0.2) is 0 Å². The van der Waals surface area contributed by atoms with Gasteiger partial charge in [-0.1, -0.05) is 6.07 Å². The van der Waals surface area contributed by atoms with E-state index in [0.29, 0.717) is 31.9 Å². The summed E-state index contributed by atoms with van der Waals surface area (Å²) in [5.41, 5.74) is 1.76. The lowest BCUT2D eigenvalue weighted by Gasteiger charge is -2.38. The highest BCUT2D eigenvalue weighted by molar-refractivity contribution is 5.94. The Hall–Kier alpha value is -2.78. The maximum atomic E-state index is 13.0. The molecule has 33 heavy (non-hydrogen) atoms. The first kappa shape index (κ1) is 23.4. The molecule has 1 atom stereocenters. The van der Waals surface area contributed by atoms with Gasteiger partial charge in [-0.3, -0.25) is 9.69 Å². The van der Waals surface area contributed by atoms with Crippen LogP contribution in [0.2, 0.25) is 0 Å². The quantitative estimate of drug-likeness (QED) is 0.735. The molecule has 2 saturated heterocycles. The first-order valence-electron chi connectivity index (χ1n) is 11.2. The van der Waals surface area contributed by atoms with E-state index >= 15 is 0 Å². The van der Waals surface area contributed by atoms with Gasteiger partial charge in [-0.05, 0) is 49.4 Å². The van der Waals surface area contributed by atoms with Gasteiger partial charge in [-0.15, -0.1) is 0 Å². The average Bonchev–Trinajstić information content (AvgIpc) is 2.84. The molecule has 4 rings (SSSR count). The summed E-state index contributed by atoms with van der Waals surface area (Å²) in [5, 5.41) is 2.97. The molecule has 178 valence electrons. The van der Waals surface area contributed by atoms with E-state index in [4.69, 9.17) is 4.74 Å². The third-order valence-corrected chi connectivity index (χ3v) is 6.29. The Labute approximate surface area is 191 Å². The molecule has 2 aliphatic rings. The van der Waals surface area contributed by atoms with Crippen LogP contribution in [0.3, 0.4) is 0 Å². The molecule has 9 heteroatoms. The Kier molecular flexibility index (Phi) is 7.09. The van der Waals surface area contributed by atoms with E-state index in [0.717, 1.165) is 43.7 Å². The fourth-order valence-electron chi connectivity index (χ4n) is 4.24. The van der Waals surface area contributed by atoms with E-state index in [2.05, 4.69) is 15.1 Å². The largest absolute Gasteiger partial charge is 0.416 e. The summed E-state index contributed by atoms with van der Waals surface area (Å²) in [6, 6.07) is 12.9. The van der Waals surface area contributed by atoms with Crippen molar-refractivity contribution in [1.29, 1.82) is 0 Å². The van der Waals surface area contributed by atoms with Crippen LogP contribution >= 0.6 is 0 Å². The Morgan fingerprint density at radius 1 is 0.909 bits per heavy atom. The Morgan fingerprint density at radius 3 is 2.18 bits per heavy atom. The summed E-state index contributed by atoms with van der Waals surface area (Å²) < 4.78 is 44.4. The number of morpholine rings is 1. The molecule has 0 aromatic heterocycles. The molecule has 6 nitrogen and oxygen atoms in total. The van der Waals surface area contributed by atoms with E-state index in [1.807, 2.05) is 36.1 Å². The maximum Gasteiger partial charge on any atom is 0.416 e. The van der Waals surface area contributed by atoms with Crippen LogP contribution in [0, 0.1) is 0 Å². The molecule has 0 spiro atoms. The minimum absolute atomic E-state index is 0.0957. The lowest BCUT2D eigenvalue weighted by atomic mass is 10.1. The van der Waals surface area contributed by atoms with Gasteiger partial charge in [0, 0.05) is 56.3 Å². The Balaban J connectivity index is 1.29. The van der Waals surface area contributed by atoms with Crippen LogP contribution in [0.15, 0.2) is 48.5 Å². The molecular weight excluding hydrogens is 433 g/mol. The number of benzene rings is 2. The second-order valence-electron chi connectivity index (χ2n) is 8.38. The van der Waals surface area contributed by atoms with Gasteiger partial charge in [0.1, 0.15) is 0 Å². The van der Waals surface area contributed by atoms with Crippen molar-refractivity contribution >= 4 is 23.0 Å². The second kappa shape index (κ2) is 10.0. The zero-order chi connectivity index (χ0) is 23.4. The summed E-state index contributed by atoms with van der Waals surface area (Å²) in [6.07, 6.45) is -4.36. The molecule has 0 unspecified atom stereocenters. The van der Waals surface area contributed by atoms with Crippen molar-refractivity contribution in [3.8, 4) is 0 Å². The summed E-state index contributed by atoms with van der Waals surface area (Å²) >= 11 is 0. The second-order valence-corrected chi connectivity index (χ2v) is 8.38. The topological polar surface area (TPSA) is 48.1 Å². The van der Waals surface area contributed by atoms with Crippen LogP contribution in [0.1, 0.15) is 12.5 Å². The molecule has 2 aliphatic heterocycles. The lowest BCUT2D eigenvalue weighted by Crippen LogP contribution is -2.52. The van der Waals surface area contributed by atoms with Crippen LogP contribution in [0.4, 0.5) is 30.2 Å². The molecule has 2 fully saturated rings. The standard InChI is InChI=1S/C24H29F3N4O2/c1-18(23(32)28-20-5-7-21(8-6-20)31-13-15-33-16-14-31)29-9-11-30(12-10-29)22-4-2-3-19(17-22)24(25,26)27/h2-8,17-18H,9-16H2,1H3,(H,28,32)/t18-/m1/s1. The third-order valence-electron chi connectivity index (χ3n) is 6.29. The van der Waals surface area contributed by atoms with E-state index in [-0.39, 0.29) is 11.9 Å². The molecule has 0 aliphatic carbocycles. The van der Waals surface area contributed by atoms with Crippen molar-refractivity contribution in [3.05, 3.63) is 54.1 Å². The van der Waals surface area contributed by atoms with E-state index < -0.39 is 11.7 Å². The minimum atomic E-state index is -4.36. The normalized spacial score (nSPS) is 18.8. The molecule has 2 aromatic rings. The monoisotopic (exact) mass is 462 g/mol. The number of ether oxygens (including phenoxy) is 1. The molecule has 0 bridgehead atoms. The van der Waals surface area contributed by atoms with Crippen LogP contribution in [0.25, 0.3) is 0 Å². The number of carbonyl (C=O) groups is 1. The zero-order valence-corrected chi connectivity index (χ0v) is 18.6. The summed E-state index contributed by atoms with van der Waals surface area (Å²) in [7, 11) is 0. The van der Waals surface area contributed by atoms with E-state index in [1.54, 1.807) is 6.07 Å². The number of halogens is 3. The smallest absolute Gasteiger partial charge is 0.378 e. The zero-order valence-electron chi connectivity index (χ0n) is 18.6. The molecule has 0 radical (unpaired) electrons. The minimum Gasteiger partial charge on any atom is -0.378 e. The van der Waals surface area contributed by atoms with Gasteiger partial charge < -0.3 is 19.9 Å². The van der Waals surface area contributed by atoms with Crippen LogP contribution in [-0.4, -0.2) is 69.3 Å². The number of amides is 1. The summed E-state index contributed by atoms with van der Waals surface area (Å²) in [5.74, 6) is -0.0957. The number of nitrogens with zero attached hydrogens (tertiary/aromatic N) is 3. The van der Waals surface area contributed by atoms with Gasteiger partial charge in [0.05, 0.1) is 24.8 Å². The fraction of sp³-hybridized carbons (Fsp3) is 0.458. The summed E-state index contributed by atoms with van der Waals surface area (Å²) in [4.78, 5) is 19.0. The number of hydrogen-bond donors (Lipinski definition) is 1. The van der Waals surface area contributed by atoms with E-state index in [1.165, 1.54) is 12.1 Å². The van der Waals surface area contributed by atoms with E-state index in [9.17, 15) is 18.0 Å². The third kappa shape index (κ3) is 5.78. The number of piperazine rings is 1. The van der Waals surface area contributed by atoms with Gasteiger partial charge >= 0.3 is 6.18 Å². The van der Waals surface area contributed by atoms with Gasteiger partial charge in [-0.2, -0.15) is 13.2 Å². The summed E-state index contributed by atoms with van der Waals surface area (Å²) in [6.45, 7) is 7.33. The van der Waals surface area contributed by atoms with Crippen molar-refractivity contribution < 1.29 is 22.7 Å². The molecule has 2 heterocycles. The number of alkyl halides is 3. The maximum absolute atomic E-state index is 13.0. The fourth-order valence-corrected chi connectivity index (χ4v) is 4.24. The highest BCUT2D eigenvalue weighted by Gasteiger charge is 2.31. The number of hydrogen-bond acceptors (Lipinski definition) is 5. The van der Waals surface area contributed by atoms with Crippen molar-refractivity contribution in [2.45, 2.75) is 19.1 Å². The highest BCUT2D eigenvalue weighted by Crippen LogP contribution is 2.32.